The fraction of sp³-hybridized carbons (Fsp3) is 0.600. The first-order valence-corrected chi connectivity index (χ1v) is 9.05. The van der Waals surface area contributed by atoms with Crippen molar-refractivity contribution < 1.29 is 9.53 Å². The van der Waals surface area contributed by atoms with E-state index in [0.717, 1.165) is 45.0 Å². The van der Waals surface area contributed by atoms with Crippen LogP contribution in [0.1, 0.15) is 31.9 Å². The van der Waals surface area contributed by atoms with Crippen LogP contribution in [0.25, 0.3) is 0 Å². The van der Waals surface area contributed by atoms with Crippen molar-refractivity contribution in [2.75, 3.05) is 39.4 Å². The topological polar surface area (TPSA) is 56.6 Å². The van der Waals surface area contributed by atoms with E-state index in [4.69, 9.17) is 10.00 Å². The second kappa shape index (κ2) is 7.15. The lowest BCUT2D eigenvalue weighted by Gasteiger charge is -2.34. The van der Waals surface area contributed by atoms with Crippen LogP contribution in [0, 0.1) is 17.2 Å². The molecule has 25 heavy (non-hydrogen) atoms. The van der Waals surface area contributed by atoms with Crippen LogP contribution in [0.3, 0.4) is 0 Å². The molecule has 2 aliphatic heterocycles. The Bertz CT molecular complexity index is 674. The summed E-state index contributed by atoms with van der Waals surface area (Å²) in [7, 11) is 0. The number of morpholine rings is 1. The predicted octanol–water partition coefficient (Wildman–Crippen LogP) is 2.01. The number of hydrogen-bond donors (Lipinski definition) is 0. The number of carbonyl (C=O) groups excluding carboxylic acids is 1. The number of rotatable bonds is 3. The lowest BCUT2D eigenvalue weighted by atomic mass is 9.82. The molecule has 0 radical (unpaired) electrons. The molecule has 1 aromatic rings. The maximum absolute atomic E-state index is 13.2. The number of amides is 1. The van der Waals surface area contributed by atoms with Gasteiger partial charge in [-0.25, -0.2) is 0 Å². The monoisotopic (exact) mass is 341 g/mol. The summed E-state index contributed by atoms with van der Waals surface area (Å²) in [6, 6.07) is 9.97. The van der Waals surface area contributed by atoms with Crippen LogP contribution in [0.2, 0.25) is 0 Å². The van der Waals surface area contributed by atoms with Gasteiger partial charge in [0.2, 0.25) is 5.91 Å². The van der Waals surface area contributed by atoms with Crippen LogP contribution >= 0.6 is 0 Å². The van der Waals surface area contributed by atoms with Crippen molar-refractivity contribution in [3.05, 3.63) is 35.4 Å². The quantitative estimate of drug-likeness (QED) is 0.844. The molecule has 1 amide bonds. The zero-order valence-corrected chi connectivity index (χ0v) is 15.4. The Kier molecular flexibility index (Phi) is 5.12. The highest BCUT2D eigenvalue weighted by Crippen LogP contribution is 2.31. The molecule has 2 aliphatic rings. The minimum Gasteiger partial charge on any atom is -0.379 e. The summed E-state index contributed by atoms with van der Waals surface area (Å²) in [4.78, 5) is 17.7. The molecule has 0 spiro atoms. The van der Waals surface area contributed by atoms with Crippen molar-refractivity contribution >= 4 is 5.91 Å². The van der Waals surface area contributed by atoms with E-state index in [-0.39, 0.29) is 5.91 Å². The van der Waals surface area contributed by atoms with Crippen molar-refractivity contribution in [3.8, 4) is 6.07 Å². The molecule has 0 unspecified atom stereocenters. The van der Waals surface area contributed by atoms with Crippen LogP contribution in [0.15, 0.2) is 24.3 Å². The molecule has 0 aromatic heterocycles. The minimum absolute atomic E-state index is 0.144. The number of benzene rings is 1. The van der Waals surface area contributed by atoms with Gasteiger partial charge in [-0.15, -0.1) is 0 Å². The van der Waals surface area contributed by atoms with Gasteiger partial charge < -0.3 is 9.64 Å². The summed E-state index contributed by atoms with van der Waals surface area (Å²) in [5.41, 5.74) is 0.866. The van der Waals surface area contributed by atoms with Crippen molar-refractivity contribution in [1.29, 1.82) is 5.26 Å². The summed E-state index contributed by atoms with van der Waals surface area (Å²) < 4.78 is 5.45. The number of nitrogens with zero attached hydrogens (tertiary/aromatic N) is 3. The van der Waals surface area contributed by atoms with Gasteiger partial charge in [0.15, 0.2) is 0 Å². The Morgan fingerprint density at radius 3 is 2.68 bits per heavy atom. The Balaban J connectivity index is 1.74. The highest BCUT2D eigenvalue weighted by Gasteiger charge is 2.41. The number of ether oxygens (including phenoxy) is 1. The number of hydrogen-bond acceptors (Lipinski definition) is 4. The third-order valence-corrected chi connectivity index (χ3v) is 5.62. The standard InChI is InChI=1S/C20H27N3O2/c1-15-13-23(14-18(15)22-7-9-25-10-8-22)19(24)20(2,3)17-6-4-5-16(11-17)12-21/h4-6,11,15,18H,7-10,13-14H2,1-3H3/t15-,18+/m1/s1. The molecule has 3 rings (SSSR count). The molecule has 1 aromatic carbocycles. The Morgan fingerprint density at radius 1 is 1.28 bits per heavy atom. The molecule has 2 fully saturated rings. The third-order valence-electron chi connectivity index (χ3n) is 5.62. The molecule has 0 aliphatic carbocycles. The minimum atomic E-state index is -0.632. The van der Waals surface area contributed by atoms with Crippen LogP contribution in [-0.4, -0.2) is 61.1 Å². The molecule has 0 bridgehead atoms. The maximum atomic E-state index is 13.2. The second-order valence-electron chi connectivity index (χ2n) is 7.72. The summed E-state index contributed by atoms with van der Waals surface area (Å²) >= 11 is 0. The van der Waals surface area contributed by atoms with Crippen molar-refractivity contribution in [2.24, 2.45) is 5.92 Å². The van der Waals surface area contributed by atoms with Gasteiger partial charge in [0.25, 0.3) is 0 Å². The smallest absolute Gasteiger partial charge is 0.232 e. The van der Waals surface area contributed by atoms with Crippen molar-refractivity contribution in [3.63, 3.8) is 0 Å². The highest BCUT2D eigenvalue weighted by atomic mass is 16.5. The summed E-state index contributed by atoms with van der Waals surface area (Å²) in [5, 5.41) is 9.13. The van der Waals surface area contributed by atoms with E-state index in [1.807, 2.05) is 36.9 Å². The number of nitriles is 1. The molecular weight excluding hydrogens is 314 g/mol. The van der Waals surface area contributed by atoms with Crippen LogP contribution in [-0.2, 0) is 14.9 Å². The highest BCUT2D eigenvalue weighted by molar-refractivity contribution is 5.87. The normalized spacial score (nSPS) is 25.0. The van der Waals surface area contributed by atoms with E-state index in [1.165, 1.54) is 0 Å². The van der Waals surface area contributed by atoms with Gasteiger partial charge in [-0.2, -0.15) is 5.26 Å². The summed E-state index contributed by atoms with van der Waals surface area (Å²) in [6.07, 6.45) is 0. The molecule has 2 atom stereocenters. The average Bonchev–Trinajstić information content (AvgIpc) is 3.03. The molecule has 0 N–H and O–H groups in total. The van der Waals surface area contributed by atoms with Gasteiger partial charge in [-0.1, -0.05) is 19.1 Å². The van der Waals surface area contributed by atoms with E-state index in [0.29, 0.717) is 17.5 Å². The largest absolute Gasteiger partial charge is 0.379 e. The molecule has 5 heteroatoms. The van der Waals surface area contributed by atoms with Crippen molar-refractivity contribution in [2.45, 2.75) is 32.2 Å². The van der Waals surface area contributed by atoms with Gasteiger partial charge in [-0.3, -0.25) is 9.69 Å². The molecule has 2 saturated heterocycles. The molecule has 5 nitrogen and oxygen atoms in total. The Hall–Kier alpha value is -1.90. The fourth-order valence-electron chi connectivity index (χ4n) is 4.00. The fourth-order valence-corrected chi connectivity index (χ4v) is 4.00. The Labute approximate surface area is 150 Å². The van der Waals surface area contributed by atoms with Gasteiger partial charge in [-0.05, 0) is 37.5 Å². The van der Waals surface area contributed by atoms with E-state index >= 15 is 0 Å². The summed E-state index contributed by atoms with van der Waals surface area (Å²) in [5.74, 6) is 0.605. The zero-order chi connectivity index (χ0) is 18.0. The third kappa shape index (κ3) is 3.56. The van der Waals surface area contributed by atoms with Crippen molar-refractivity contribution in [1.82, 2.24) is 9.80 Å². The van der Waals surface area contributed by atoms with Crippen LogP contribution in [0.4, 0.5) is 0 Å². The molecule has 134 valence electrons. The summed E-state index contributed by atoms with van der Waals surface area (Å²) in [6.45, 7) is 11.2. The second-order valence-corrected chi connectivity index (χ2v) is 7.72. The first-order valence-electron chi connectivity index (χ1n) is 9.05. The molecule has 2 heterocycles. The average molecular weight is 341 g/mol. The SMILES string of the molecule is C[C@@H]1CN(C(=O)C(C)(C)c2cccc(C#N)c2)C[C@@H]1N1CCOCC1. The van der Waals surface area contributed by atoms with Gasteiger partial charge in [0, 0.05) is 32.2 Å². The van der Waals surface area contributed by atoms with Gasteiger partial charge in [0.05, 0.1) is 30.3 Å². The first kappa shape index (κ1) is 17.9. The van der Waals surface area contributed by atoms with E-state index < -0.39 is 5.41 Å². The Morgan fingerprint density at radius 2 is 2.00 bits per heavy atom. The van der Waals surface area contributed by atoms with E-state index in [1.54, 1.807) is 6.07 Å². The van der Waals surface area contributed by atoms with E-state index in [2.05, 4.69) is 17.9 Å². The number of likely N-dealkylation sites (tertiary alicyclic amines) is 1. The lowest BCUT2D eigenvalue weighted by Crippen LogP contribution is -2.48. The maximum Gasteiger partial charge on any atom is 0.232 e. The van der Waals surface area contributed by atoms with Crippen LogP contribution < -0.4 is 0 Å². The van der Waals surface area contributed by atoms with Gasteiger partial charge in [0.1, 0.15) is 0 Å². The first-order chi connectivity index (χ1) is 11.9. The molecule has 0 saturated carbocycles. The molecular formula is C20H27N3O2. The van der Waals surface area contributed by atoms with E-state index in [9.17, 15) is 4.79 Å². The lowest BCUT2D eigenvalue weighted by molar-refractivity contribution is -0.135. The number of carbonyl (C=O) groups is 1. The van der Waals surface area contributed by atoms with Gasteiger partial charge >= 0.3 is 0 Å². The van der Waals surface area contributed by atoms with Crippen LogP contribution in [0.5, 0.6) is 0 Å². The predicted molar refractivity (Wildman–Crippen MR) is 96.1 cm³/mol. The zero-order valence-electron chi connectivity index (χ0n) is 15.4.